The number of ether oxygens (including phenoxy) is 1. The predicted molar refractivity (Wildman–Crippen MR) is 86.1 cm³/mol. The van der Waals surface area contributed by atoms with E-state index in [-0.39, 0.29) is 5.91 Å². The van der Waals surface area contributed by atoms with Gasteiger partial charge in [0.1, 0.15) is 5.75 Å². The van der Waals surface area contributed by atoms with Crippen LogP contribution in [0.3, 0.4) is 0 Å². The zero-order valence-corrected chi connectivity index (χ0v) is 12.7. The highest BCUT2D eigenvalue weighted by Crippen LogP contribution is 2.27. The molecule has 0 fully saturated rings. The number of nitrogens with one attached hydrogen (secondary N) is 1. The molecule has 2 aromatic carbocycles. The third-order valence-electron chi connectivity index (χ3n) is 3.70. The third kappa shape index (κ3) is 3.63. The molecule has 3 nitrogen and oxygen atoms in total. The van der Waals surface area contributed by atoms with E-state index in [2.05, 4.69) is 25.2 Å². The van der Waals surface area contributed by atoms with E-state index in [4.69, 9.17) is 4.74 Å². The van der Waals surface area contributed by atoms with Crippen LogP contribution in [0.1, 0.15) is 42.1 Å². The van der Waals surface area contributed by atoms with Crippen molar-refractivity contribution in [1.29, 1.82) is 0 Å². The van der Waals surface area contributed by atoms with Crippen molar-refractivity contribution in [2.24, 2.45) is 0 Å². The number of amides is 1. The van der Waals surface area contributed by atoms with Crippen LogP contribution in [0.4, 0.5) is 5.69 Å². The van der Waals surface area contributed by atoms with Crippen molar-refractivity contribution in [1.82, 2.24) is 0 Å². The molecule has 1 unspecified atom stereocenters. The van der Waals surface area contributed by atoms with Crippen molar-refractivity contribution in [2.75, 3.05) is 12.4 Å². The molecule has 0 aliphatic carbocycles. The van der Waals surface area contributed by atoms with Gasteiger partial charge in [0.05, 0.1) is 7.11 Å². The van der Waals surface area contributed by atoms with Gasteiger partial charge in [0.15, 0.2) is 0 Å². The number of carbonyl (C=O) groups is 1. The molecule has 1 atom stereocenters. The summed E-state index contributed by atoms with van der Waals surface area (Å²) in [6.45, 7) is 4.31. The van der Waals surface area contributed by atoms with Crippen LogP contribution in [0.15, 0.2) is 48.5 Å². The summed E-state index contributed by atoms with van der Waals surface area (Å²) >= 11 is 0. The topological polar surface area (TPSA) is 38.3 Å². The highest BCUT2D eigenvalue weighted by atomic mass is 16.5. The van der Waals surface area contributed by atoms with E-state index in [0.29, 0.717) is 11.5 Å². The van der Waals surface area contributed by atoms with E-state index in [1.807, 2.05) is 18.2 Å². The lowest BCUT2D eigenvalue weighted by molar-refractivity contribution is 0.102. The third-order valence-corrected chi connectivity index (χ3v) is 3.70. The standard InChI is InChI=1S/C18H21NO2/c1-4-13(2)16-7-5-6-8-17(16)19-18(20)14-9-11-15(21-3)12-10-14/h5-13H,4H2,1-3H3,(H,19,20). The van der Waals surface area contributed by atoms with Crippen LogP contribution in [-0.4, -0.2) is 13.0 Å². The van der Waals surface area contributed by atoms with Crippen molar-refractivity contribution >= 4 is 11.6 Å². The minimum absolute atomic E-state index is 0.103. The summed E-state index contributed by atoms with van der Waals surface area (Å²) in [6, 6.07) is 15.1. The van der Waals surface area contributed by atoms with Crippen molar-refractivity contribution in [3.63, 3.8) is 0 Å². The lowest BCUT2D eigenvalue weighted by Gasteiger charge is -2.15. The van der Waals surface area contributed by atoms with Gasteiger partial charge >= 0.3 is 0 Å². The van der Waals surface area contributed by atoms with E-state index in [0.717, 1.165) is 17.9 Å². The molecular weight excluding hydrogens is 262 g/mol. The Morgan fingerprint density at radius 2 is 1.81 bits per heavy atom. The Kier molecular flexibility index (Phi) is 4.99. The van der Waals surface area contributed by atoms with Gasteiger partial charge in [0.25, 0.3) is 5.91 Å². The van der Waals surface area contributed by atoms with E-state index in [9.17, 15) is 4.79 Å². The summed E-state index contributed by atoms with van der Waals surface area (Å²) in [5.41, 5.74) is 2.67. The second kappa shape index (κ2) is 6.93. The molecule has 2 aromatic rings. The molecule has 3 heteroatoms. The number of anilines is 1. The fourth-order valence-corrected chi connectivity index (χ4v) is 2.20. The second-order valence-corrected chi connectivity index (χ2v) is 5.08. The van der Waals surface area contributed by atoms with E-state index in [1.54, 1.807) is 31.4 Å². The summed E-state index contributed by atoms with van der Waals surface area (Å²) in [7, 11) is 1.61. The Morgan fingerprint density at radius 1 is 1.14 bits per heavy atom. The normalized spacial score (nSPS) is 11.8. The maximum Gasteiger partial charge on any atom is 0.255 e. The Bertz CT molecular complexity index is 605. The quantitative estimate of drug-likeness (QED) is 0.879. The minimum Gasteiger partial charge on any atom is -0.497 e. The Morgan fingerprint density at radius 3 is 2.43 bits per heavy atom. The van der Waals surface area contributed by atoms with Crippen LogP contribution in [0.25, 0.3) is 0 Å². The van der Waals surface area contributed by atoms with Crippen LogP contribution in [0.2, 0.25) is 0 Å². The second-order valence-electron chi connectivity index (χ2n) is 5.08. The maximum absolute atomic E-state index is 12.3. The molecule has 0 aliphatic heterocycles. The molecule has 0 heterocycles. The van der Waals surface area contributed by atoms with E-state index in [1.165, 1.54) is 5.56 Å². The van der Waals surface area contributed by atoms with Gasteiger partial charge in [0.2, 0.25) is 0 Å². The number of carbonyl (C=O) groups excluding carboxylic acids is 1. The summed E-state index contributed by atoms with van der Waals surface area (Å²) in [5, 5.41) is 3.00. The Balaban J connectivity index is 2.19. The molecule has 0 saturated carbocycles. The average molecular weight is 283 g/mol. The number of para-hydroxylation sites is 1. The van der Waals surface area contributed by atoms with Crippen molar-refractivity contribution in [3.05, 3.63) is 59.7 Å². The van der Waals surface area contributed by atoms with Crippen LogP contribution in [-0.2, 0) is 0 Å². The maximum atomic E-state index is 12.3. The molecule has 0 spiro atoms. The van der Waals surface area contributed by atoms with E-state index < -0.39 is 0 Å². The first-order chi connectivity index (χ1) is 10.2. The number of methoxy groups -OCH3 is 1. The zero-order chi connectivity index (χ0) is 15.2. The molecule has 0 aliphatic rings. The molecule has 0 radical (unpaired) electrons. The summed E-state index contributed by atoms with van der Waals surface area (Å²) in [6.07, 6.45) is 1.04. The first-order valence-corrected chi connectivity index (χ1v) is 7.20. The van der Waals surface area contributed by atoms with Gasteiger partial charge in [-0.3, -0.25) is 4.79 Å². The average Bonchev–Trinajstić information content (AvgIpc) is 2.54. The lowest BCUT2D eigenvalue weighted by Crippen LogP contribution is -2.13. The lowest BCUT2D eigenvalue weighted by atomic mass is 9.97. The molecule has 0 aromatic heterocycles. The molecule has 1 amide bonds. The van der Waals surface area contributed by atoms with Gasteiger partial charge in [-0.2, -0.15) is 0 Å². The summed E-state index contributed by atoms with van der Waals surface area (Å²) < 4.78 is 5.10. The van der Waals surface area contributed by atoms with Gasteiger partial charge < -0.3 is 10.1 Å². The largest absolute Gasteiger partial charge is 0.497 e. The summed E-state index contributed by atoms with van der Waals surface area (Å²) in [4.78, 5) is 12.3. The molecule has 0 bridgehead atoms. The monoisotopic (exact) mass is 283 g/mol. The van der Waals surface area contributed by atoms with Gasteiger partial charge in [-0.1, -0.05) is 32.0 Å². The summed E-state index contributed by atoms with van der Waals surface area (Å²) in [5.74, 6) is 1.05. The van der Waals surface area contributed by atoms with Gasteiger partial charge in [-0.05, 0) is 48.2 Å². The molecule has 2 rings (SSSR count). The molecule has 110 valence electrons. The molecule has 0 saturated heterocycles. The Labute approximate surface area is 126 Å². The Hall–Kier alpha value is -2.29. The number of hydrogen-bond donors (Lipinski definition) is 1. The van der Waals surface area contributed by atoms with Crippen molar-refractivity contribution in [2.45, 2.75) is 26.2 Å². The fourth-order valence-electron chi connectivity index (χ4n) is 2.20. The first kappa shape index (κ1) is 15.1. The van der Waals surface area contributed by atoms with Crippen molar-refractivity contribution < 1.29 is 9.53 Å². The number of rotatable bonds is 5. The zero-order valence-electron chi connectivity index (χ0n) is 12.7. The SMILES string of the molecule is CCC(C)c1ccccc1NC(=O)c1ccc(OC)cc1. The fraction of sp³-hybridized carbons (Fsp3) is 0.278. The first-order valence-electron chi connectivity index (χ1n) is 7.20. The van der Waals surface area contributed by atoms with Gasteiger partial charge in [-0.25, -0.2) is 0 Å². The van der Waals surface area contributed by atoms with Crippen LogP contribution in [0.5, 0.6) is 5.75 Å². The molecular formula is C18H21NO2. The molecule has 21 heavy (non-hydrogen) atoms. The van der Waals surface area contributed by atoms with Gasteiger partial charge in [0, 0.05) is 11.3 Å². The number of hydrogen-bond acceptors (Lipinski definition) is 2. The highest BCUT2D eigenvalue weighted by Gasteiger charge is 2.12. The van der Waals surface area contributed by atoms with Crippen LogP contribution >= 0.6 is 0 Å². The predicted octanol–water partition coefficient (Wildman–Crippen LogP) is 4.46. The van der Waals surface area contributed by atoms with Crippen LogP contribution in [0, 0.1) is 0 Å². The van der Waals surface area contributed by atoms with Crippen molar-refractivity contribution in [3.8, 4) is 5.75 Å². The number of benzene rings is 2. The smallest absolute Gasteiger partial charge is 0.255 e. The highest BCUT2D eigenvalue weighted by molar-refractivity contribution is 6.04. The van der Waals surface area contributed by atoms with Crippen LogP contribution < -0.4 is 10.1 Å². The minimum atomic E-state index is -0.103. The molecule has 1 N–H and O–H groups in total. The van der Waals surface area contributed by atoms with E-state index >= 15 is 0 Å². The van der Waals surface area contributed by atoms with Gasteiger partial charge in [-0.15, -0.1) is 0 Å².